The van der Waals surface area contributed by atoms with Crippen LogP contribution in [0.4, 0.5) is 0 Å². The van der Waals surface area contributed by atoms with E-state index in [1.165, 1.54) is 64.8 Å². The number of amides is 3. The van der Waals surface area contributed by atoms with Gasteiger partial charge in [-0.05, 0) is 64.3 Å². The van der Waals surface area contributed by atoms with Gasteiger partial charge in [-0.15, -0.1) is 0 Å². The van der Waals surface area contributed by atoms with Crippen molar-refractivity contribution in [1.29, 1.82) is 0 Å². The van der Waals surface area contributed by atoms with Crippen molar-refractivity contribution in [2.24, 2.45) is 50.5 Å². The van der Waals surface area contributed by atoms with Crippen molar-refractivity contribution < 1.29 is 33.9 Å². The van der Waals surface area contributed by atoms with Crippen LogP contribution in [0.1, 0.15) is 167 Å². The van der Waals surface area contributed by atoms with E-state index >= 15 is 0 Å². The predicted molar refractivity (Wildman–Crippen MR) is 234 cm³/mol. The molecule has 0 heterocycles. The number of Topliss-reactive ketones (excluding diaryl/α,β-unsaturated/α-hetero) is 2. The second-order valence-electron chi connectivity index (χ2n) is 15.6. The average Bonchev–Trinajstić information content (AvgIpc) is 3.19. The molecule has 340 valence electrons. The van der Waals surface area contributed by atoms with Crippen molar-refractivity contribution in [2.45, 2.75) is 180 Å². The summed E-state index contributed by atoms with van der Waals surface area (Å²) in [5, 5.41) is 17.7. The lowest BCUT2D eigenvalue weighted by molar-refractivity contribution is -0.139. The second kappa shape index (κ2) is 35.6. The predicted octanol–water partition coefficient (Wildman–Crippen LogP) is 3.44. The van der Waals surface area contributed by atoms with Gasteiger partial charge in [0.15, 0.2) is 23.5 Å². The number of aliphatic carboxylic acids is 1. The quantitative estimate of drug-likeness (QED) is 0.0244. The van der Waals surface area contributed by atoms with Gasteiger partial charge < -0.3 is 49.7 Å². The van der Waals surface area contributed by atoms with Crippen molar-refractivity contribution in [1.82, 2.24) is 16.0 Å². The van der Waals surface area contributed by atoms with E-state index in [-0.39, 0.29) is 81.1 Å². The summed E-state index contributed by atoms with van der Waals surface area (Å²) in [5.41, 5.74) is 27.4. The molecule has 0 aliphatic rings. The molecule has 0 aliphatic heterocycles. The Kier molecular flexibility index (Phi) is 33.1. The Bertz CT molecular complexity index is 1270. The molecule has 0 aliphatic carbocycles. The highest BCUT2D eigenvalue weighted by Gasteiger charge is 2.32. The van der Waals surface area contributed by atoms with E-state index in [2.05, 4.69) is 32.9 Å². The minimum absolute atomic E-state index is 0.0825. The number of ketones is 2. The summed E-state index contributed by atoms with van der Waals surface area (Å²) in [6.07, 6.45) is 17.1. The molecule has 4 atom stereocenters. The van der Waals surface area contributed by atoms with Gasteiger partial charge in [-0.3, -0.25) is 38.8 Å². The summed E-state index contributed by atoms with van der Waals surface area (Å²) in [7, 11) is 1.47. The van der Waals surface area contributed by atoms with Gasteiger partial charge in [-0.2, -0.15) is 0 Å². The zero-order valence-electron chi connectivity index (χ0n) is 36.3. The van der Waals surface area contributed by atoms with Gasteiger partial charge in [0, 0.05) is 57.7 Å². The number of carboxylic acid groups (broad SMARTS) is 1. The van der Waals surface area contributed by atoms with E-state index in [0.717, 1.165) is 19.3 Å². The molecule has 0 aromatic rings. The average molecular weight is 837 g/mol. The molecule has 0 rings (SSSR count). The number of carbonyl (C=O) groups excluding carboxylic acids is 5. The molecule has 0 fully saturated rings. The first-order valence-corrected chi connectivity index (χ1v) is 22.1. The van der Waals surface area contributed by atoms with Gasteiger partial charge in [0.05, 0.1) is 12.1 Å². The number of guanidine groups is 2. The van der Waals surface area contributed by atoms with Crippen molar-refractivity contribution in [2.75, 3.05) is 26.7 Å². The first kappa shape index (κ1) is 54.7. The largest absolute Gasteiger partial charge is 0.481 e. The highest BCUT2D eigenvalue weighted by molar-refractivity contribution is 5.95. The Morgan fingerprint density at radius 3 is 1.47 bits per heavy atom. The van der Waals surface area contributed by atoms with E-state index < -0.39 is 48.0 Å². The van der Waals surface area contributed by atoms with Gasteiger partial charge in [0.2, 0.25) is 17.7 Å². The van der Waals surface area contributed by atoms with Crippen molar-refractivity contribution >= 4 is 47.2 Å². The van der Waals surface area contributed by atoms with Gasteiger partial charge in [-0.25, -0.2) is 0 Å². The molecular formula is C42H80N10O7. The first-order chi connectivity index (χ1) is 28.2. The Labute approximate surface area is 353 Å². The molecule has 0 saturated carbocycles. The lowest BCUT2D eigenvalue weighted by Crippen LogP contribution is -2.47. The Balaban J connectivity index is 5.67. The van der Waals surface area contributed by atoms with Gasteiger partial charge >= 0.3 is 5.97 Å². The fourth-order valence-corrected chi connectivity index (χ4v) is 6.95. The summed E-state index contributed by atoms with van der Waals surface area (Å²) in [6.45, 7) is 3.09. The van der Waals surface area contributed by atoms with Crippen LogP contribution >= 0.6 is 0 Å². The number of rotatable bonds is 39. The molecule has 17 nitrogen and oxygen atoms in total. The van der Waals surface area contributed by atoms with E-state index in [9.17, 15) is 33.9 Å². The monoisotopic (exact) mass is 837 g/mol. The zero-order valence-corrected chi connectivity index (χ0v) is 36.3. The molecule has 0 unspecified atom stereocenters. The second-order valence-corrected chi connectivity index (χ2v) is 15.6. The molecule has 59 heavy (non-hydrogen) atoms. The maximum Gasteiger partial charge on any atom is 0.303 e. The van der Waals surface area contributed by atoms with Crippen LogP contribution < -0.4 is 44.6 Å². The smallest absolute Gasteiger partial charge is 0.303 e. The fraction of sp³-hybridized carbons (Fsp3) is 0.810. The van der Waals surface area contributed by atoms with Crippen LogP contribution in [0.15, 0.2) is 9.98 Å². The number of carbonyl (C=O) groups is 6. The van der Waals surface area contributed by atoms with Gasteiger partial charge in [0.25, 0.3) is 0 Å². The van der Waals surface area contributed by atoms with Crippen LogP contribution in [0.2, 0.25) is 0 Å². The summed E-state index contributed by atoms with van der Waals surface area (Å²) in [4.78, 5) is 86.6. The summed E-state index contributed by atoms with van der Waals surface area (Å²) < 4.78 is 0. The van der Waals surface area contributed by atoms with Crippen molar-refractivity contribution in [3.8, 4) is 0 Å². The number of unbranched alkanes of at least 4 members (excludes halogenated alkanes) is 13. The fourth-order valence-electron chi connectivity index (χ4n) is 6.95. The lowest BCUT2D eigenvalue weighted by atomic mass is 9.89. The van der Waals surface area contributed by atoms with Crippen LogP contribution in [0.3, 0.4) is 0 Å². The van der Waals surface area contributed by atoms with Crippen LogP contribution in [-0.2, 0) is 28.8 Å². The molecule has 17 heteroatoms. The standard InChI is InChI=1S/C42H80N10O7/c1-3-4-5-6-7-8-9-10-11-12-13-14-15-23-37(55)51-33(22-19-28-50-42(46)47)35(53)30-32(24-25-38(56)57)40(59)52-34(21-16-17-26-43)36(54)29-31(39(58)48-2)20-18-27-49-41(44)45/h31-34H,3-30,43H2,1-2H3,(H,48,58)(H,51,55)(H,52,59)(H,56,57)(H4,44,45,49)(H4,46,47,50)/t31-,32-,33+,34+/m1/s1. The summed E-state index contributed by atoms with van der Waals surface area (Å²) in [6, 6.07) is -1.95. The molecule has 0 radical (unpaired) electrons. The molecule has 3 amide bonds. The zero-order chi connectivity index (χ0) is 44.3. The first-order valence-electron chi connectivity index (χ1n) is 22.1. The van der Waals surface area contributed by atoms with E-state index in [1.54, 1.807) is 0 Å². The minimum Gasteiger partial charge on any atom is -0.481 e. The number of carboxylic acids is 1. The molecular weight excluding hydrogens is 757 g/mol. The molecule has 0 spiro atoms. The van der Waals surface area contributed by atoms with Gasteiger partial charge in [-0.1, -0.05) is 84.0 Å². The Morgan fingerprint density at radius 1 is 0.542 bits per heavy atom. The lowest BCUT2D eigenvalue weighted by Gasteiger charge is -2.25. The number of nitrogens with one attached hydrogen (secondary N) is 3. The third kappa shape index (κ3) is 30.4. The number of hydrogen-bond acceptors (Lipinski definition) is 9. The van der Waals surface area contributed by atoms with E-state index in [0.29, 0.717) is 45.1 Å². The normalized spacial score (nSPS) is 13.0. The van der Waals surface area contributed by atoms with Crippen molar-refractivity contribution in [3.63, 3.8) is 0 Å². The minimum atomic E-state index is -1.15. The molecule has 0 bridgehead atoms. The van der Waals surface area contributed by atoms with Crippen molar-refractivity contribution in [3.05, 3.63) is 0 Å². The van der Waals surface area contributed by atoms with E-state index in [1.807, 2.05) is 0 Å². The van der Waals surface area contributed by atoms with E-state index in [4.69, 9.17) is 28.7 Å². The van der Waals surface area contributed by atoms with Crippen LogP contribution in [0, 0.1) is 11.8 Å². The topological polar surface area (TPSA) is 314 Å². The third-order valence-electron chi connectivity index (χ3n) is 10.4. The Hall–Kier alpha value is -4.28. The number of hydrogen-bond donors (Lipinski definition) is 9. The maximum atomic E-state index is 13.8. The van der Waals surface area contributed by atoms with Crippen LogP contribution in [0.25, 0.3) is 0 Å². The van der Waals surface area contributed by atoms with Gasteiger partial charge in [0.1, 0.15) is 0 Å². The molecule has 0 saturated heterocycles. The molecule has 0 aromatic carbocycles. The Morgan fingerprint density at radius 2 is 1.00 bits per heavy atom. The highest BCUT2D eigenvalue weighted by atomic mass is 16.4. The van der Waals surface area contributed by atoms with Crippen LogP contribution in [-0.4, -0.2) is 91.0 Å². The number of nitrogens with zero attached hydrogens (tertiary/aromatic N) is 2. The maximum absolute atomic E-state index is 13.8. The SMILES string of the molecule is CCCCCCCCCCCCCCCC(=O)N[C@@H](CCCN=C(N)N)C(=O)C[C@@H](CCC(=O)O)C(=O)N[C@@H](CCCCN)C(=O)C[C@@H](CCCN=C(N)N)C(=O)NC. The number of aliphatic imine (C=N–C) groups is 2. The number of nitrogens with two attached hydrogens (primary N) is 5. The highest BCUT2D eigenvalue weighted by Crippen LogP contribution is 2.20. The van der Waals surface area contributed by atoms with Crippen LogP contribution in [0.5, 0.6) is 0 Å². The molecule has 14 N–H and O–H groups in total. The third-order valence-corrected chi connectivity index (χ3v) is 10.4. The molecule has 0 aromatic heterocycles. The summed E-state index contributed by atoms with van der Waals surface area (Å²) in [5.74, 6) is -5.26. The summed E-state index contributed by atoms with van der Waals surface area (Å²) >= 11 is 0.